The zero-order chi connectivity index (χ0) is 14.9. The molecule has 0 amide bonds. The summed E-state index contributed by atoms with van der Waals surface area (Å²) >= 11 is 0. The van der Waals surface area contributed by atoms with Crippen molar-refractivity contribution in [3.63, 3.8) is 0 Å². The molecule has 1 heterocycles. The zero-order valence-electron chi connectivity index (χ0n) is 12.5. The van der Waals surface area contributed by atoms with Gasteiger partial charge in [-0.1, -0.05) is 6.92 Å². The number of ether oxygens (including phenoxy) is 1. The third kappa shape index (κ3) is 3.15. The van der Waals surface area contributed by atoms with E-state index in [0.29, 0.717) is 12.3 Å². The predicted octanol–water partition coefficient (Wildman–Crippen LogP) is 2.45. The minimum atomic E-state index is -0.791. The first kappa shape index (κ1) is 14.9. The summed E-state index contributed by atoms with van der Waals surface area (Å²) in [6, 6.07) is 0. The largest absolute Gasteiger partial charge is 0.481 e. The molecule has 1 N–H and O–H groups in total. The number of nitrogens with zero attached hydrogens (tertiary/aromatic N) is 2. The van der Waals surface area contributed by atoms with Crippen LogP contribution < -0.4 is 0 Å². The lowest BCUT2D eigenvalue weighted by atomic mass is 9.98. The number of hydrogen-bond acceptors (Lipinski definition) is 4. The second-order valence-electron chi connectivity index (χ2n) is 5.67. The molecule has 1 aliphatic carbocycles. The van der Waals surface area contributed by atoms with Gasteiger partial charge in [0.25, 0.3) is 0 Å². The average molecular weight is 278 g/mol. The Kier molecular flexibility index (Phi) is 4.38. The Morgan fingerprint density at radius 1 is 1.35 bits per heavy atom. The van der Waals surface area contributed by atoms with E-state index in [1.165, 1.54) is 0 Å². The van der Waals surface area contributed by atoms with Crippen molar-refractivity contribution in [1.82, 2.24) is 9.97 Å². The smallest absolute Gasteiger partial charge is 0.306 e. The minimum absolute atomic E-state index is 0.0293. The highest BCUT2D eigenvalue weighted by atomic mass is 16.5. The van der Waals surface area contributed by atoms with Crippen LogP contribution in [0.25, 0.3) is 0 Å². The number of carbonyl (C=O) groups is 1. The Morgan fingerprint density at radius 3 is 2.30 bits per heavy atom. The van der Waals surface area contributed by atoms with E-state index in [0.717, 1.165) is 35.6 Å². The van der Waals surface area contributed by atoms with Crippen LogP contribution in [0.4, 0.5) is 0 Å². The third-order valence-corrected chi connectivity index (χ3v) is 3.93. The highest BCUT2D eigenvalue weighted by Gasteiger charge is 2.34. The van der Waals surface area contributed by atoms with E-state index in [1.54, 1.807) is 14.0 Å². The van der Waals surface area contributed by atoms with E-state index in [1.807, 2.05) is 13.8 Å². The van der Waals surface area contributed by atoms with Gasteiger partial charge in [0, 0.05) is 18.5 Å². The fourth-order valence-corrected chi connectivity index (χ4v) is 2.49. The molecule has 0 bridgehead atoms. The molecule has 0 spiro atoms. The second kappa shape index (κ2) is 5.87. The molecule has 0 saturated heterocycles. The maximum Gasteiger partial charge on any atom is 0.306 e. The summed E-state index contributed by atoms with van der Waals surface area (Å²) in [5.41, 5.74) is 2.67. The average Bonchev–Trinajstić information content (AvgIpc) is 3.19. The molecule has 5 heteroatoms. The van der Waals surface area contributed by atoms with Gasteiger partial charge in [-0.05, 0) is 44.6 Å². The molecule has 2 atom stereocenters. The predicted molar refractivity (Wildman–Crippen MR) is 74.5 cm³/mol. The number of aryl methyl sites for hydroxylation is 2. The van der Waals surface area contributed by atoms with E-state index in [-0.39, 0.29) is 6.10 Å². The number of aliphatic carboxylic acids is 1. The number of aromatic nitrogens is 2. The van der Waals surface area contributed by atoms with Gasteiger partial charge in [0.15, 0.2) is 5.82 Å². The van der Waals surface area contributed by atoms with Crippen molar-refractivity contribution < 1.29 is 14.6 Å². The van der Waals surface area contributed by atoms with E-state index < -0.39 is 11.9 Å². The van der Waals surface area contributed by atoms with Crippen molar-refractivity contribution in [3.05, 3.63) is 22.8 Å². The van der Waals surface area contributed by atoms with Crippen molar-refractivity contribution in [3.8, 4) is 0 Å². The van der Waals surface area contributed by atoms with Crippen LogP contribution in [0.1, 0.15) is 48.6 Å². The van der Waals surface area contributed by atoms with E-state index >= 15 is 0 Å². The molecule has 1 fully saturated rings. The normalized spacial score (nSPS) is 17.8. The Bertz CT molecular complexity index is 489. The lowest BCUT2D eigenvalue weighted by molar-refractivity contribution is -0.141. The number of hydrogen-bond donors (Lipinski definition) is 1. The van der Waals surface area contributed by atoms with Crippen molar-refractivity contribution in [2.24, 2.45) is 11.8 Å². The number of methoxy groups -OCH3 is 1. The van der Waals surface area contributed by atoms with Crippen molar-refractivity contribution in [1.29, 1.82) is 0 Å². The van der Waals surface area contributed by atoms with E-state index in [2.05, 4.69) is 9.97 Å². The quantitative estimate of drug-likeness (QED) is 0.865. The molecular formula is C15H22N2O3. The first-order chi connectivity index (χ1) is 9.43. The van der Waals surface area contributed by atoms with Crippen molar-refractivity contribution in [2.75, 3.05) is 7.11 Å². The molecule has 1 aromatic rings. The van der Waals surface area contributed by atoms with Crippen LogP contribution in [-0.2, 0) is 16.0 Å². The topological polar surface area (TPSA) is 72.3 Å². The molecule has 1 aliphatic rings. The van der Waals surface area contributed by atoms with Crippen LogP contribution >= 0.6 is 0 Å². The van der Waals surface area contributed by atoms with Gasteiger partial charge in [-0.15, -0.1) is 0 Å². The molecule has 110 valence electrons. The Morgan fingerprint density at radius 2 is 1.90 bits per heavy atom. The van der Waals surface area contributed by atoms with Gasteiger partial charge >= 0.3 is 5.97 Å². The summed E-state index contributed by atoms with van der Waals surface area (Å²) in [5, 5.41) is 9.03. The summed E-state index contributed by atoms with van der Waals surface area (Å²) < 4.78 is 5.51. The molecule has 20 heavy (non-hydrogen) atoms. The van der Waals surface area contributed by atoms with Gasteiger partial charge in [-0.3, -0.25) is 4.79 Å². The summed E-state index contributed by atoms with van der Waals surface area (Å²) in [5.74, 6) is 0.0449. The van der Waals surface area contributed by atoms with Gasteiger partial charge in [-0.25, -0.2) is 9.97 Å². The fraction of sp³-hybridized carbons (Fsp3) is 0.667. The molecule has 2 rings (SSSR count). The number of rotatable bonds is 6. The van der Waals surface area contributed by atoms with Crippen LogP contribution in [-0.4, -0.2) is 28.2 Å². The highest BCUT2D eigenvalue weighted by molar-refractivity contribution is 5.70. The summed E-state index contributed by atoms with van der Waals surface area (Å²) in [6.07, 6.45) is 2.77. The third-order valence-electron chi connectivity index (χ3n) is 3.93. The van der Waals surface area contributed by atoms with Crippen LogP contribution in [0.15, 0.2) is 0 Å². The van der Waals surface area contributed by atoms with Gasteiger partial charge in [0.05, 0.1) is 5.92 Å². The monoisotopic (exact) mass is 278 g/mol. The highest BCUT2D eigenvalue weighted by Crippen LogP contribution is 2.42. The molecular weight excluding hydrogens is 256 g/mol. The maximum atomic E-state index is 11.0. The summed E-state index contributed by atoms with van der Waals surface area (Å²) in [6.45, 7) is 5.54. The lowest BCUT2D eigenvalue weighted by Crippen LogP contribution is -2.17. The fourth-order valence-electron chi connectivity index (χ4n) is 2.49. The molecule has 1 saturated carbocycles. The van der Waals surface area contributed by atoms with Crippen LogP contribution in [0.3, 0.4) is 0 Å². The molecule has 2 unspecified atom stereocenters. The number of carboxylic acids is 1. The van der Waals surface area contributed by atoms with Crippen LogP contribution in [0.5, 0.6) is 0 Å². The molecule has 0 radical (unpaired) electrons. The Balaban J connectivity index is 2.26. The maximum absolute atomic E-state index is 11.0. The molecule has 1 aromatic heterocycles. The Labute approximate surface area is 119 Å². The van der Waals surface area contributed by atoms with Gasteiger partial charge in [0.1, 0.15) is 6.10 Å². The first-order valence-corrected chi connectivity index (χ1v) is 7.03. The lowest BCUT2D eigenvalue weighted by Gasteiger charge is -2.17. The van der Waals surface area contributed by atoms with Crippen LogP contribution in [0, 0.1) is 25.7 Å². The first-order valence-electron chi connectivity index (χ1n) is 7.03. The summed E-state index contributed by atoms with van der Waals surface area (Å²) in [7, 11) is 1.69. The van der Waals surface area contributed by atoms with Crippen LogP contribution in [0.2, 0.25) is 0 Å². The summed E-state index contributed by atoms with van der Waals surface area (Å²) in [4.78, 5) is 20.1. The SMILES string of the molecule is COC(c1nc(C)c(CC(C)C(=O)O)c(C)n1)C1CC1. The van der Waals surface area contributed by atoms with E-state index in [4.69, 9.17) is 9.84 Å². The second-order valence-corrected chi connectivity index (χ2v) is 5.67. The minimum Gasteiger partial charge on any atom is -0.481 e. The van der Waals surface area contributed by atoms with Gasteiger partial charge < -0.3 is 9.84 Å². The van der Waals surface area contributed by atoms with E-state index in [9.17, 15) is 4.79 Å². The van der Waals surface area contributed by atoms with Crippen molar-refractivity contribution >= 4 is 5.97 Å². The van der Waals surface area contributed by atoms with Crippen molar-refractivity contribution in [2.45, 2.75) is 46.1 Å². The number of carboxylic acid groups (broad SMARTS) is 1. The zero-order valence-corrected chi connectivity index (χ0v) is 12.5. The Hall–Kier alpha value is -1.49. The van der Waals surface area contributed by atoms with Gasteiger partial charge in [0.2, 0.25) is 0 Å². The van der Waals surface area contributed by atoms with Gasteiger partial charge in [-0.2, -0.15) is 0 Å². The molecule has 0 aromatic carbocycles. The molecule has 5 nitrogen and oxygen atoms in total. The standard InChI is InChI=1S/C15H22N2O3/c1-8(15(18)19)7-12-9(2)16-14(17-10(12)3)13(20-4)11-5-6-11/h8,11,13H,5-7H2,1-4H3,(H,18,19). The molecule has 0 aliphatic heterocycles.